The summed E-state index contributed by atoms with van der Waals surface area (Å²) in [5.74, 6) is 0.487. The van der Waals surface area contributed by atoms with Crippen molar-refractivity contribution < 1.29 is 9.53 Å². The van der Waals surface area contributed by atoms with Crippen molar-refractivity contribution in [3.8, 4) is 6.07 Å². The average Bonchev–Trinajstić information content (AvgIpc) is 3.06. The Morgan fingerprint density at radius 1 is 1.33 bits per heavy atom. The molecule has 4 rings (SSSR count). The van der Waals surface area contributed by atoms with Crippen molar-refractivity contribution in [3.63, 3.8) is 0 Å². The van der Waals surface area contributed by atoms with Crippen molar-refractivity contribution >= 4 is 22.7 Å². The van der Waals surface area contributed by atoms with Gasteiger partial charge in [-0.05, 0) is 77.0 Å². The largest absolute Gasteiger partial charge is 0.444 e. The van der Waals surface area contributed by atoms with Gasteiger partial charge in [0, 0.05) is 30.7 Å². The molecule has 0 bridgehead atoms. The van der Waals surface area contributed by atoms with Crippen LogP contribution in [0.4, 0.5) is 10.5 Å². The lowest BCUT2D eigenvalue weighted by atomic mass is 9.78. The number of aromatic nitrogens is 2. The van der Waals surface area contributed by atoms with Gasteiger partial charge in [0.25, 0.3) is 0 Å². The first-order valence-electron chi connectivity index (χ1n) is 10.9. The van der Waals surface area contributed by atoms with E-state index in [0.717, 1.165) is 68.3 Å². The molecular formula is C23H31N5O2. The summed E-state index contributed by atoms with van der Waals surface area (Å²) < 4.78 is 7.55. The molecule has 1 saturated carbocycles. The second-order valence-corrected chi connectivity index (χ2v) is 9.68. The number of nitriles is 1. The number of carbonyl (C=O) groups is 1. The SMILES string of the molecule is CC(C)(C)OC(=O)N1CCC(Cn2ncc3cc(NC4(C#N)CCC4)ccc32)CC1. The summed E-state index contributed by atoms with van der Waals surface area (Å²) in [5, 5.41) is 18.5. The quantitative estimate of drug-likeness (QED) is 0.801. The van der Waals surface area contributed by atoms with Crippen molar-refractivity contribution in [1.29, 1.82) is 5.26 Å². The van der Waals surface area contributed by atoms with Crippen LogP contribution in [0.5, 0.6) is 0 Å². The lowest BCUT2D eigenvalue weighted by molar-refractivity contribution is 0.0177. The van der Waals surface area contributed by atoms with Crippen molar-refractivity contribution in [2.45, 2.75) is 70.6 Å². The van der Waals surface area contributed by atoms with Gasteiger partial charge in [0.15, 0.2) is 0 Å². The smallest absolute Gasteiger partial charge is 0.410 e. The van der Waals surface area contributed by atoms with E-state index in [2.05, 4.69) is 33.3 Å². The zero-order valence-corrected chi connectivity index (χ0v) is 18.1. The number of anilines is 1. The van der Waals surface area contributed by atoms with Gasteiger partial charge in [-0.3, -0.25) is 4.68 Å². The number of amides is 1. The maximum atomic E-state index is 12.3. The van der Waals surface area contributed by atoms with Gasteiger partial charge < -0.3 is 15.0 Å². The summed E-state index contributed by atoms with van der Waals surface area (Å²) in [7, 11) is 0. The Morgan fingerprint density at radius 2 is 2.07 bits per heavy atom. The number of likely N-dealkylation sites (tertiary alicyclic amines) is 1. The lowest BCUT2D eigenvalue weighted by Crippen LogP contribution is -2.43. The van der Waals surface area contributed by atoms with Gasteiger partial charge in [0.1, 0.15) is 11.1 Å². The average molecular weight is 410 g/mol. The molecule has 7 heteroatoms. The molecule has 2 heterocycles. The minimum Gasteiger partial charge on any atom is -0.444 e. The normalized spacial score (nSPS) is 19.2. The highest BCUT2D eigenvalue weighted by molar-refractivity contribution is 5.82. The van der Waals surface area contributed by atoms with Crippen molar-refractivity contribution in [2.24, 2.45) is 5.92 Å². The molecule has 1 N–H and O–H groups in total. The van der Waals surface area contributed by atoms with Gasteiger partial charge in [-0.15, -0.1) is 0 Å². The molecule has 1 amide bonds. The summed E-state index contributed by atoms with van der Waals surface area (Å²) in [6.45, 7) is 7.99. The van der Waals surface area contributed by atoms with E-state index < -0.39 is 11.1 Å². The molecule has 1 aromatic heterocycles. The third kappa shape index (κ3) is 4.38. The minimum absolute atomic E-state index is 0.216. The number of carbonyl (C=O) groups excluding carboxylic acids is 1. The van der Waals surface area contributed by atoms with Crippen LogP contribution in [0.2, 0.25) is 0 Å². The Labute approximate surface area is 178 Å². The molecular weight excluding hydrogens is 378 g/mol. The second-order valence-electron chi connectivity index (χ2n) is 9.68. The Morgan fingerprint density at radius 3 is 2.67 bits per heavy atom. The fourth-order valence-corrected chi connectivity index (χ4v) is 4.25. The number of benzene rings is 1. The Hall–Kier alpha value is -2.75. The van der Waals surface area contributed by atoms with E-state index in [1.807, 2.05) is 37.9 Å². The van der Waals surface area contributed by atoms with Gasteiger partial charge in [0.05, 0.1) is 17.8 Å². The topological polar surface area (TPSA) is 83.2 Å². The van der Waals surface area contributed by atoms with Crippen LogP contribution in [0.3, 0.4) is 0 Å². The maximum Gasteiger partial charge on any atom is 0.410 e. The third-order valence-corrected chi connectivity index (χ3v) is 6.14. The number of hydrogen-bond acceptors (Lipinski definition) is 5. The summed E-state index contributed by atoms with van der Waals surface area (Å²) in [4.78, 5) is 14.1. The van der Waals surface area contributed by atoms with Gasteiger partial charge >= 0.3 is 6.09 Å². The number of piperidine rings is 1. The van der Waals surface area contributed by atoms with Crippen molar-refractivity contribution in [3.05, 3.63) is 24.4 Å². The molecule has 0 radical (unpaired) electrons. The van der Waals surface area contributed by atoms with Crippen LogP contribution in [0.25, 0.3) is 10.9 Å². The summed E-state index contributed by atoms with van der Waals surface area (Å²) in [6.07, 6.45) is 6.50. The van der Waals surface area contributed by atoms with E-state index in [4.69, 9.17) is 4.74 Å². The predicted molar refractivity (Wildman–Crippen MR) is 116 cm³/mol. The number of ether oxygens (including phenoxy) is 1. The molecule has 160 valence electrons. The molecule has 2 aliphatic rings. The standard InChI is InChI=1S/C23H31N5O2/c1-22(2,3)30-21(29)27-11-7-17(8-12-27)15-28-20-6-5-19(13-18(20)14-25-28)26-23(16-24)9-4-10-23/h5-6,13-14,17,26H,4,7-12,15H2,1-3H3. The Kier molecular flexibility index (Phi) is 5.35. The van der Waals surface area contributed by atoms with Gasteiger partial charge in [-0.2, -0.15) is 10.4 Å². The van der Waals surface area contributed by atoms with Gasteiger partial charge in [-0.25, -0.2) is 4.79 Å². The van der Waals surface area contributed by atoms with Crippen LogP contribution in [-0.4, -0.2) is 45.0 Å². The monoisotopic (exact) mass is 409 g/mol. The van der Waals surface area contributed by atoms with Crippen LogP contribution < -0.4 is 5.32 Å². The van der Waals surface area contributed by atoms with E-state index in [1.165, 1.54) is 0 Å². The molecule has 0 spiro atoms. The number of fused-ring (bicyclic) bond motifs is 1. The van der Waals surface area contributed by atoms with Crippen molar-refractivity contribution in [1.82, 2.24) is 14.7 Å². The molecule has 1 saturated heterocycles. The molecule has 1 aliphatic heterocycles. The van der Waals surface area contributed by atoms with Gasteiger partial charge in [0.2, 0.25) is 0 Å². The van der Waals surface area contributed by atoms with Crippen molar-refractivity contribution in [2.75, 3.05) is 18.4 Å². The third-order valence-electron chi connectivity index (χ3n) is 6.14. The van der Waals surface area contributed by atoms with E-state index in [9.17, 15) is 10.1 Å². The highest BCUT2D eigenvalue weighted by atomic mass is 16.6. The molecule has 0 atom stereocenters. The fraction of sp³-hybridized carbons (Fsp3) is 0.609. The lowest BCUT2D eigenvalue weighted by Gasteiger charge is -2.36. The van der Waals surface area contributed by atoms with Crippen LogP contribution in [0, 0.1) is 17.2 Å². The zero-order chi connectivity index (χ0) is 21.4. The first kappa shape index (κ1) is 20.5. The van der Waals surface area contributed by atoms with Crippen LogP contribution in [0.15, 0.2) is 24.4 Å². The summed E-state index contributed by atoms with van der Waals surface area (Å²) in [5.41, 5.74) is 1.23. The van der Waals surface area contributed by atoms with E-state index in [-0.39, 0.29) is 6.09 Å². The minimum atomic E-state index is -0.457. The Balaban J connectivity index is 1.36. The highest BCUT2D eigenvalue weighted by Gasteiger charge is 2.37. The summed E-state index contributed by atoms with van der Waals surface area (Å²) in [6, 6.07) is 8.64. The van der Waals surface area contributed by atoms with Gasteiger partial charge in [-0.1, -0.05) is 0 Å². The predicted octanol–water partition coefficient (Wildman–Crippen LogP) is 4.54. The summed E-state index contributed by atoms with van der Waals surface area (Å²) >= 11 is 0. The van der Waals surface area contributed by atoms with E-state index >= 15 is 0 Å². The number of rotatable bonds is 4. The van der Waals surface area contributed by atoms with E-state index in [0.29, 0.717) is 5.92 Å². The number of nitrogens with zero attached hydrogens (tertiary/aromatic N) is 4. The number of nitrogens with one attached hydrogen (secondary N) is 1. The first-order chi connectivity index (χ1) is 14.3. The van der Waals surface area contributed by atoms with Crippen LogP contribution >= 0.6 is 0 Å². The zero-order valence-electron chi connectivity index (χ0n) is 18.1. The fourth-order valence-electron chi connectivity index (χ4n) is 4.25. The van der Waals surface area contributed by atoms with Crippen LogP contribution in [-0.2, 0) is 11.3 Å². The Bertz CT molecular complexity index is 956. The molecule has 7 nitrogen and oxygen atoms in total. The molecule has 30 heavy (non-hydrogen) atoms. The molecule has 0 unspecified atom stereocenters. The first-order valence-corrected chi connectivity index (χ1v) is 10.9. The second kappa shape index (κ2) is 7.82. The molecule has 2 aromatic rings. The van der Waals surface area contributed by atoms with E-state index in [1.54, 1.807) is 0 Å². The maximum absolute atomic E-state index is 12.3. The molecule has 2 fully saturated rings. The molecule has 1 aliphatic carbocycles. The van der Waals surface area contributed by atoms with Crippen LogP contribution in [0.1, 0.15) is 52.9 Å². The highest BCUT2D eigenvalue weighted by Crippen LogP contribution is 2.35. The molecule has 1 aromatic carbocycles. The number of hydrogen-bond donors (Lipinski definition) is 1.